The van der Waals surface area contributed by atoms with Crippen molar-refractivity contribution in [3.05, 3.63) is 64.1 Å². The molecule has 0 spiro atoms. The molecule has 2 rings (SSSR count). The van der Waals surface area contributed by atoms with Gasteiger partial charge in [0, 0.05) is 11.6 Å². The molecule has 20 heavy (non-hydrogen) atoms. The normalized spacial score (nSPS) is 10.4. The number of carbonyl (C=O) groups is 2. The zero-order chi connectivity index (χ0) is 14.4. The molecule has 0 bridgehead atoms. The molecule has 4 nitrogen and oxygen atoms in total. The van der Waals surface area contributed by atoms with Gasteiger partial charge in [0.05, 0.1) is 4.88 Å². The summed E-state index contributed by atoms with van der Waals surface area (Å²) < 4.78 is 13.3. The van der Waals surface area contributed by atoms with Crippen LogP contribution < -0.4 is 10.9 Å². The smallest absolute Gasteiger partial charge is 0.268 e. The van der Waals surface area contributed by atoms with Crippen molar-refractivity contribution in [2.45, 2.75) is 0 Å². The third-order valence-corrected chi connectivity index (χ3v) is 3.23. The van der Waals surface area contributed by atoms with Crippen molar-refractivity contribution in [2.75, 3.05) is 0 Å². The lowest BCUT2D eigenvalue weighted by Crippen LogP contribution is -2.40. The highest BCUT2D eigenvalue weighted by Crippen LogP contribution is 2.08. The predicted octanol–water partition coefficient (Wildman–Crippen LogP) is 2.36. The van der Waals surface area contributed by atoms with Crippen LogP contribution in [0.25, 0.3) is 6.08 Å². The van der Waals surface area contributed by atoms with Crippen molar-refractivity contribution >= 4 is 29.2 Å². The molecule has 0 atom stereocenters. The van der Waals surface area contributed by atoms with Gasteiger partial charge in [-0.3, -0.25) is 20.4 Å². The summed E-state index contributed by atoms with van der Waals surface area (Å²) in [6, 6.07) is 9.45. The Balaban J connectivity index is 1.87. The van der Waals surface area contributed by atoms with Crippen LogP contribution in [0.2, 0.25) is 0 Å². The third-order valence-electron chi connectivity index (χ3n) is 2.36. The Bertz CT molecular complexity index is 638. The highest BCUT2D eigenvalue weighted by molar-refractivity contribution is 7.12. The Hall–Kier alpha value is -2.47. The molecule has 2 aromatic rings. The van der Waals surface area contributed by atoms with Gasteiger partial charge in [-0.05, 0) is 23.6 Å². The van der Waals surface area contributed by atoms with Crippen LogP contribution in [0.4, 0.5) is 4.39 Å². The summed E-state index contributed by atoms with van der Waals surface area (Å²) in [7, 11) is 0. The van der Waals surface area contributed by atoms with Crippen LogP contribution in [-0.4, -0.2) is 11.8 Å². The van der Waals surface area contributed by atoms with Gasteiger partial charge in [-0.2, -0.15) is 0 Å². The van der Waals surface area contributed by atoms with Crippen molar-refractivity contribution in [1.29, 1.82) is 0 Å². The molecule has 6 heteroatoms. The van der Waals surface area contributed by atoms with E-state index >= 15 is 0 Å². The van der Waals surface area contributed by atoms with Gasteiger partial charge in [0.2, 0.25) is 0 Å². The first-order valence-electron chi connectivity index (χ1n) is 5.73. The van der Waals surface area contributed by atoms with E-state index in [4.69, 9.17) is 0 Å². The molecule has 0 aliphatic carbocycles. The first-order valence-corrected chi connectivity index (χ1v) is 6.61. The van der Waals surface area contributed by atoms with Crippen LogP contribution in [0, 0.1) is 5.82 Å². The molecule has 0 aliphatic rings. The van der Waals surface area contributed by atoms with Crippen LogP contribution in [0.3, 0.4) is 0 Å². The van der Waals surface area contributed by atoms with Crippen molar-refractivity contribution in [2.24, 2.45) is 0 Å². The highest BCUT2D eigenvalue weighted by atomic mass is 32.1. The standard InChI is InChI=1S/C14H11FN2O2S/c15-11-5-2-1-4-10(11)7-8-13(18)16-17-14(19)12-6-3-9-20-12/h1-9H,(H,16,18)(H,17,19)/b8-7+. The molecule has 1 aromatic heterocycles. The summed E-state index contributed by atoms with van der Waals surface area (Å²) in [6.07, 6.45) is 2.48. The molecule has 2 amide bonds. The average molecular weight is 290 g/mol. The van der Waals surface area contributed by atoms with Gasteiger partial charge in [0.25, 0.3) is 11.8 Å². The quantitative estimate of drug-likeness (QED) is 0.673. The molecule has 0 saturated heterocycles. The number of hydrazine groups is 1. The minimum atomic E-state index is -0.543. The van der Waals surface area contributed by atoms with Crippen LogP contribution in [-0.2, 0) is 4.79 Å². The van der Waals surface area contributed by atoms with E-state index in [0.29, 0.717) is 10.4 Å². The van der Waals surface area contributed by atoms with E-state index in [1.165, 1.54) is 23.5 Å². The molecule has 0 saturated carbocycles. The molecular weight excluding hydrogens is 279 g/mol. The van der Waals surface area contributed by atoms with Crippen molar-refractivity contribution in [3.8, 4) is 0 Å². The van der Waals surface area contributed by atoms with Crippen molar-refractivity contribution in [3.63, 3.8) is 0 Å². The Labute approximate surface area is 118 Å². The topological polar surface area (TPSA) is 58.2 Å². The molecule has 0 unspecified atom stereocenters. The first-order chi connectivity index (χ1) is 9.66. The summed E-state index contributed by atoms with van der Waals surface area (Å²) in [5.41, 5.74) is 4.78. The van der Waals surface area contributed by atoms with E-state index in [-0.39, 0.29) is 0 Å². The minimum absolute atomic E-state index is 0.298. The third kappa shape index (κ3) is 3.76. The number of benzene rings is 1. The molecule has 1 aromatic carbocycles. The highest BCUT2D eigenvalue weighted by Gasteiger charge is 2.06. The van der Waals surface area contributed by atoms with Gasteiger partial charge in [-0.15, -0.1) is 11.3 Å². The zero-order valence-corrected chi connectivity index (χ0v) is 11.1. The van der Waals surface area contributed by atoms with Crippen molar-refractivity contribution < 1.29 is 14.0 Å². The average Bonchev–Trinajstić information content (AvgIpc) is 2.98. The number of hydrogen-bond donors (Lipinski definition) is 2. The number of carbonyl (C=O) groups excluding carboxylic acids is 2. The fourth-order valence-corrected chi connectivity index (χ4v) is 2.02. The fourth-order valence-electron chi connectivity index (χ4n) is 1.41. The lowest BCUT2D eigenvalue weighted by Gasteiger charge is -2.03. The van der Waals surface area contributed by atoms with E-state index in [9.17, 15) is 14.0 Å². The van der Waals surface area contributed by atoms with E-state index in [1.54, 1.807) is 35.7 Å². The molecule has 0 fully saturated rings. The van der Waals surface area contributed by atoms with Gasteiger partial charge in [0.1, 0.15) is 5.82 Å². The number of hydrogen-bond acceptors (Lipinski definition) is 3. The summed E-state index contributed by atoms with van der Waals surface area (Å²) in [5.74, 6) is -1.36. The monoisotopic (exact) mass is 290 g/mol. The minimum Gasteiger partial charge on any atom is -0.268 e. The summed E-state index contributed by atoms with van der Waals surface area (Å²) >= 11 is 1.26. The second kappa shape index (κ2) is 6.63. The van der Waals surface area contributed by atoms with Crippen molar-refractivity contribution in [1.82, 2.24) is 10.9 Å². The van der Waals surface area contributed by atoms with E-state index in [0.717, 1.165) is 6.08 Å². The largest absolute Gasteiger partial charge is 0.279 e. The zero-order valence-electron chi connectivity index (χ0n) is 10.3. The number of nitrogens with one attached hydrogen (secondary N) is 2. The Morgan fingerprint density at radius 3 is 2.60 bits per heavy atom. The molecule has 0 radical (unpaired) electrons. The number of halogens is 1. The van der Waals surface area contributed by atoms with Crippen LogP contribution in [0.15, 0.2) is 47.9 Å². The maximum atomic E-state index is 13.3. The number of rotatable bonds is 3. The SMILES string of the molecule is O=C(/C=C/c1ccccc1F)NNC(=O)c1cccs1. The van der Waals surface area contributed by atoms with Gasteiger partial charge >= 0.3 is 0 Å². The molecule has 0 aliphatic heterocycles. The number of amides is 2. The molecule has 2 N–H and O–H groups in total. The maximum Gasteiger partial charge on any atom is 0.279 e. The molecule has 1 heterocycles. The lowest BCUT2D eigenvalue weighted by atomic mass is 10.2. The maximum absolute atomic E-state index is 13.3. The second-order valence-electron chi connectivity index (χ2n) is 3.78. The van der Waals surface area contributed by atoms with Gasteiger partial charge in [0.15, 0.2) is 0 Å². The Kier molecular flexibility index (Phi) is 4.62. The van der Waals surface area contributed by atoms with Gasteiger partial charge < -0.3 is 0 Å². The van der Waals surface area contributed by atoms with Crippen LogP contribution >= 0.6 is 11.3 Å². The fraction of sp³-hybridized carbons (Fsp3) is 0. The van der Waals surface area contributed by atoms with Crippen LogP contribution in [0.1, 0.15) is 15.2 Å². The first kappa shape index (κ1) is 14.0. The Morgan fingerprint density at radius 1 is 1.10 bits per heavy atom. The summed E-state index contributed by atoms with van der Waals surface area (Å²) in [4.78, 5) is 23.5. The van der Waals surface area contributed by atoms with Gasteiger partial charge in [-0.25, -0.2) is 4.39 Å². The second-order valence-corrected chi connectivity index (χ2v) is 4.72. The van der Waals surface area contributed by atoms with Crippen LogP contribution in [0.5, 0.6) is 0 Å². The lowest BCUT2D eigenvalue weighted by molar-refractivity contribution is -0.117. The van der Waals surface area contributed by atoms with E-state index in [2.05, 4.69) is 10.9 Å². The molecule has 102 valence electrons. The molecular formula is C14H11FN2O2S. The van der Waals surface area contributed by atoms with Gasteiger partial charge in [-0.1, -0.05) is 24.3 Å². The predicted molar refractivity (Wildman–Crippen MR) is 75.4 cm³/mol. The summed E-state index contributed by atoms with van der Waals surface area (Å²) in [6.45, 7) is 0. The van der Waals surface area contributed by atoms with E-state index in [1.807, 2.05) is 0 Å². The van der Waals surface area contributed by atoms with E-state index < -0.39 is 17.6 Å². The Morgan fingerprint density at radius 2 is 1.90 bits per heavy atom. The summed E-state index contributed by atoms with van der Waals surface area (Å²) in [5, 5.41) is 1.76. The number of thiophene rings is 1.